The molecular weight excluding hydrogens is 330 g/mol. The normalized spacial score (nSPS) is 12.4. The number of nitrogens with one attached hydrogen (secondary N) is 2. The van der Waals surface area contributed by atoms with E-state index in [-0.39, 0.29) is 11.9 Å². The molecule has 1 atom stereocenters. The van der Waals surface area contributed by atoms with Crippen LogP contribution in [0.15, 0.2) is 29.6 Å². The second-order valence-corrected chi connectivity index (χ2v) is 6.89. The van der Waals surface area contributed by atoms with Crippen LogP contribution >= 0.6 is 23.1 Å². The summed E-state index contributed by atoms with van der Waals surface area (Å²) in [7, 11) is 0. The van der Waals surface area contributed by atoms with Crippen molar-refractivity contribution < 1.29 is 4.79 Å². The largest absolute Gasteiger partial charge is 0.375 e. The monoisotopic (exact) mass is 347 g/mol. The molecule has 120 valence electrons. The highest BCUT2D eigenvalue weighted by atomic mass is 32.2. The van der Waals surface area contributed by atoms with Crippen LogP contribution < -0.4 is 11.1 Å². The Balaban J connectivity index is 1.83. The Bertz CT molecular complexity index is 780. The zero-order valence-electron chi connectivity index (χ0n) is 12.6. The zero-order chi connectivity index (χ0) is 16.2. The molecule has 0 aliphatic carbocycles. The number of para-hydroxylation sites is 2. The molecule has 0 spiro atoms. The molecule has 2 aromatic heterocycles. The summed E-state index contributed by atoms with van der Waals surface area (Å²) in [5, 5.41) is 5.05. The van der Waals surface area contributed by atoms with Gasteiger partial charge >= 0.3 is 0 Å². The fourth-order valence-corrected chi connectivity index (χ4v) is 3.29. The van der Waals surface area contributed by atoms with Gasteiger partial charge in [0.15, 0.2) is 5.13 Å². The Labute approximate surface area is 141 Å². The van der Waals surface area contributed by atoms with E-state index >= 15 is 0 Å². The Morgan fingerprint density at radius 3 is 2.96 bits per heavy atom. The number of carbonyl (C=O) groups excluding carboxylic acids is 1. The number of anilines is 1. The molecule has 4 N–H and O–H groups in total. The minimum Gasteiger partial charge on any atom is -0.375 e. The van der Waals surface area contributed by atoms with Crippen molar-refractivity contribution in [1.29, 1.82) is 0 Å². The van der Waals surface area contributed by atoms with Gasteiger partial charge in [0.1, 0.15) is 11.5 Å². The summed E-state index contributed by atoms with van der Waals surface area (Å²) in [6.45, 7) is 0. The molecule has 0 radical (unpaired) electrons. The first-order valence-corrected chi connectivity index (χ1v) is 9.40. The molecule has 2 heterocycles. The van der Waals surface area contributed by atoms with Crippen LogP contribution in [0.4, 0.5) is 5.13 Å². The number of benzene rings is 1. The van der Waals surface area contributed by atoms with Crippen molar-refractivity contribution in [2.45, 2.75) is 12.5 Å². The summed E-state index contributed by atoms with van der Waals surface area (Å²) >= 11 is 2.99. The highest BCUT2D eigenvalue weighted by molar-refractivity contribution is 7.98. The second kappa shape index (κ2) is 7.01. The van der Waals surface area contributed by atoms with Gasteiger partial charge in [0.25, 0.3) is 5.91 Å². The maximum atomic E-state index is 12.3. The maximum absolute atomic E-state index is 12.3. The van der Waals surface area contributed by atoms with Crippen LogP contribution in [0.1, 0.15) is 28.8 Å². The Hall–Kier alpha value is -2.06. The van der Waals surface area contributed by atoms with Gasteiger partial charge in [0.05, 0.1) is 17.1 Å². The number of nitrogens with zero attached hydrogens (tertiary/aromatic N) is 2. The van der Waals surface area contributed by atoms with Crippen LogP contribution in [0.5, 0.6) is 0 Å². The number of H-pyrrole nitrogens is 1. The third-order valence-electron chi connectivity index (χ3n) is 3.41. The van der Waals surface area contributed by atoms with Crippen LogP contribution in [0.25, 0.3) is 11.0 Å². The summed E-state index contributed by atoms with van der Waals surface area (Å²) in [6.07, 6.45) is 2.82. The van der Waals surface area contributed by atoms with E-state index in [4.69, 9.17) is 5.73 Å². The molecule has 0 bridgehead atoms. The van der Waals surface area contributed by atoms with Gasteiger partial charge in [-0.2, -0.15) is 11.8 Å². The first-order valence-electron chi connectivity index (χ1n) is 7.13. The molecule has 0 aliphatic heterocycles. The lowest BCUT2D eigenvalue weighted by molar-refractivity contribution is 0.0930. The lowest BCUT2D eigenvalue weighted by Gasteiger charge is -2.15. The summed E-state index contributed by atoms with van der Waals surface area (Å²) in [4.78, 5) is 24.3. The summed E-state index contributed by atoms with van der Waals surface area (Å²) in [6, 6.07) is 7.63. The number of carbonyl (C=O) groups is 1. The van der Waals surface area contributed by atoms with E-state index in [0.29, 0.717) is 10.8 Å². The number of hydrogen-bond donors (Lipinski definition) is 3. The van der Waals surface area contributed by atoms with Crippen molar-refractivity contribution in [2.75, 3.05) is 17.7 Å². The predicted molar refractivity (Wildman–Crippen MR) is 95.8 cm³/mol. The lowest BCUT2D eigenvalue weighted by Crippen LogP contribution is -2.30. The zero-order valence-corrected chi connectivity index (χ0v) is 14.2. The fourth-order valence-electron chi connectivity index (χ4n) is 2.27. The van der Waals surface area contributed by atoms with E-state index < -0.39 is 0 Å². The number of amides is 1. The quantitative estimate of drug-likeness (QED) is 0.637. The number of nitrogens with two attached hydrogens (primary N) is 1. The molecule has 1 amide bonds. The van der Waals surface area contributed by atoms with Gasteiger partial charge in [-0.25, -0.2) is 9.97 Å². The SMILES string of the molecule is CSCC[C@H](NC(=O)c1csc(N)n1)c1nc2ccccc2[nH]1. The number of hydrogen-bond acceptors (Lipinski definition) is 6. The van der Waals surface area contributed by atoms with Gasteiger partial charge in [-0.1, -0.05) is 12.1 Å². The standard InChI is InChI=1S/C15H17N5OS2/c1-22-7-6-11(19-14(21)12-8-23-15(16)20-12)13-17-9-4-2-3-5-10(9)18-13/h2-5,8,11H,6-7H2,1H3,(H2,16,20)(H,17,18)(H,19,21)/t11-/m0/s1. The molecule has 8 heteroatoms. The number of imidazole rings is 1. The van der Waals surface area contributed by atoms with Gasteiger partial charge < -0.3 is 16.0 Å². The number of aromatic amines is 1. The Kier molecular flexibility index (Phi) is 4.82. The Morgan fingerprint density at radius 2 is 2.26 bits per heavy atom. The van der Waals surface area contributed by atoms with E-state index in [2.05, 4.69) is 20.3 Å². The lowest BCUT2D eigenvalue weighted by atomic mass is 10.2. The highest BCUT2D eigenvalue weighted by Crippen LogP contribution is 2.21. The molecule has 3 rings (SSSR count). The number of fused-ring (bicyclic) bond motifs is 1. The van der Waals surface area contributed by atoms with Crippen LogP contribution in [0, 0.1) is 0 Å². The van der Waals surface area contributed by atoms with Crippen molar-refractivity contribution >= 4 is 45.2 Å². The summed E-state index contributed by atoms with van der Waals surface area (Å²) in [5.41, 5.74) is 7.79. The first-order chi connectivity index (χ1) is 11.2. The van der Waals surface area contributed by atoms with Crippen molar-refractivity contribution in [3.05, 3.63) is 41.2 Å². The molecule has 0 saturated carbocycles. The average molecular weight is 347 g/mol. The molecule has 23 heavy (non-hydrogen) atoms. The van der Waals surface area contributed by atoms with Crippen molar-refractivity contribution in [2.24, 2.45) is 0 Å². The predicted octanol–water partition coefficient (Wildman–Crippen LogP) is 2.83. The van der Waals surface area contributed by atoms with Gasteiger partial charge in [0.2, 0.25) is 0 Å². The molecule has 0 aliphatic rings. The first kappa shape index (κ1) is 15.8. The van der Waals surface area contributed by atoms with Crippen molar-refractivity contribution in [3.8, 4) is 0 Å². The van der Waals surface area contributed by atoms with Gasteiger partial charge in [-0.05, 0) is 30.6 Å². The number of thioether (sulfide) groups is 1. The van der Waals surface area contributed by atoms with Crippen LogP contribution in [-0.4, -0.2) is 32.9 Å². The summed E-state index contributed by atoms with van der Waals surface area (Å²) < 4.78 is 0. The Morgan fingerprint density at radius 1 is 1.43 bits per heavy atom. The molecule has 0 unspecified atom stereocenters. The maximum Gasteiger partial charge on any atom is 0.271 e. The smallest absolute Gasteiger partial charge is 0.271 e. The van der Waals surface area contributed by atoms with Crippen molar-refractivity contribution in [1.82, 2.24) is 20.3 Å². The van der Waals surface area contributed by atoms with E-state index in [0.717, 1.165) is 29.0 Å². The third kappa shape index (κ3) is 3.65. The van der Waals surface area contributed by atoms with E-state index in [9.17, 15) is 4.79 Å². The minimum absolute atomic E-state index is 0.190. The minimum atomic E-state index is -0.232. The highest BCUT2D eigenvalue weighted by Gasteiger charge is 2.20. The molecule has 6 nitrogen and oxygen atoms in total. The number of aromatic nitrogens is 3. The van der Waals surface area contributed by atoms with Crippen LogP contribution in [0.3, 0.4) is 0 Å². The average Bonchev–Trinajstić information content (AvgIpc) is 3.17. The van der Waals surface area contributed by atoms with Crippen molar-refractivity contribution in [3.63, 3.8) is 0 Å². The third-order valence-corrected chi connectivity index (χ3v) is 4.73. The fraction of sp³-hybridized carbons (Fsp3) is 0.267. The molecule has 0 fully saturated rings. The molecule has 0 saturated heterocycles. The van der Waals surface area contributed by atoms with Gasteiger partial charge in [0, 0.05) is 5.38 Å². The topological polar surface area (TPSA) is 96.7 Å². The van der Waals surface area contributed by atoms with Gasteiger partial charge in [-0.15, -0.1) is 11.3 Å². The molecule has 3 aromatic rings. The number of nitrogen functional groups attached to an aromatic ring is 1. The van der Waals surface area contributed by atoms with Crippen LogP contribution in [-0.2, 0) is 0 Å². The molecular formula is C15H17N5OS2. The molecule has 1 aromatic carbocycles. The van der Waals surface area contributed by atoms with E-state index in [1.807, 2.05) is 30.5 Å². The number of rotatable bonds is 6. The van der Waals surface area contributed by atoms with E-state index in [1.165, 1.54) is 11.3 Å². The number of thiazole rings is 1. The van der Waals surface area contributed by atoms with E-state index in [1.54, 1.807) is 17.1 Å². The van der Waals surface area contributed by atoms with Crippen LogP contribution in [0.2, 0.25) is 0 Å². The van der Waals surface area contributed by atoms with Gasteiger partial charge in [-0.3, -0.25) is 4.79 Å². The summed E-state index contributed by atoms with van der Waals surface area (Å²) in [5.74, 6) is 1.45. The second-order valence-electron chi connectivity index (χ2n) is 5.02.